The van der Waals surface area contributed by atoms with Crippen molar-refractivity contribution in [3.63, 3.8) is 0 Å². The van der Waals surface area contributed by atoms with Crippen molar-refractivity contribution in [2.75, 3.05) is 6.61 Å². The van der Waals surface area contributed by atoms with E-state index in [0.717, 1.165) is 0 Å². The number of allylic oxidation sites excluding steroid dienone is 2. The van der Waals surface area contributed by atoms with Crippen LogP contribution in [0, 0.1) is 17.3 Å². The first kappa shape index (κ1) is 19.5. The Kier molecular flexibility index (Phi) is 5.29. The maximum atomic E-state index is 11.5. The van der Waals surface area contributed by atoms with E-state index in [4.69, 9.17) is 9.84 Å². The number of aliphatic hydroxyl groups excluding tert-OH is 2. The fourth-order valence-corrected chi connectivity index (χ4v) is 3.88. The average Bonchev–Trinajstić information content (AvgIpc) is 3.08. The van der Waals surface area contributed by atoms with E-state index >= 15 is 0 Å². The highest BCUT2D eigenvalue weighted by Gasteiger charge is 2.74. The summed E-state index contributed by atoms with van der Waals surface area (Å²) in [4.78, 5) is 11.5. The van der Waals surface area contributed by atoms with Gasteiger partial charge >= 0.3 is 5.97 Å². The van der Waals surface area contributed by atoms with Crippen LogP contribution in [-0.4, -0.2) is 45.2 Å². The Morgan fingerprint density at radius 2 is 2.00 bits per heavy atom. The van der Waals surface area contributed by atoms with Crippen LogP contribution in [0.3, 0.4) is 0 Å². The minimum Gasteiger partial charge on any atom is -0.478 e. The summed E-state index contributed by atoms with van der Waals surface area (Å²) in [7, 11) is 0. The Bertz CT molecular complexity index is 703. The summed E-state index contributed by atoms with van der Waals surface area (Å²) < 4.78 is 6.00. The van der Waals surface area contributed by atoms with E-state index < -0.39 is 23.3 Å². The molecule has 136 valence electrons. The van der Waals surface area contributed by atoms with E-state index in [1.165, 1.54) is 12.2 Å². The second-order valence-electron chi connectivity index (χ2n) is 7.59. The molecule has 5 nitrogen and oxygen atoms in total. The van der Waals surface area contributed by atoms with Crippen molar-refractivity contribution in [1.82, 2.24) is 0 Å². The summed E-state index contributed by atoms with van der Waals surface area (Å²) in [5.41, 5.74) is -0.606. The number of hydrogen-bond donors (Lipinski definition) is 3. The monoisotopic (exact) mass is 346 g/mol. The summed E-state index contributed by atoms with van der Waals surface area (Å²) in [5, 5.41) is 28.2. The van der Waals surface area contributed by atoms with Crippen molar-refractivity contribution in [2.24, 2.45) is 5.41 Å². The van der Waals surface area contributed by atoms with Gasteiger partial charge in [0, 0.05) is 17.9 Å². The molecule has 25 heavy (non-hydrogen) atoms. The summed E-state index contributed by atoms with van der Waals surface area (Å²) in [6, 6.07) is 0. The van der Waals surface area contributed by atoms with Crippen LogP contribution in [0.15, 0.2) is 35.5 Å². The maximum absolute atomic E-state index is 11.5. The first-order valence-electron chi connectivity index (χ1n) is 8.37. The van der Waals surface area contributed by atoms with Crippen molar-refractivity contribution in [3.05, 3.63) is 35.5 Å². The highest BCUT2D eigenvalue weighted by molar-refractivity contribution is 5.90. The molecular formula is C20H26O5. The first-order valence-corrected chi connectivity index (χ1v) is 8.37. The zero-order valence-corrected chi connectivity index (χ0v) is 15.2. The molecule has 0 aromatic rings. The van der Waals surface area contributed by atoms with Crippen LogP contribution in [0.5, 0.6) is 0 Å². The van der Waals surface area contributed by atoms with Crippen LogP contribution < -0.4 is 0 Å². The highest BCUT2D eigenvalue weighted by Crippen LogP contribution is 2.66. The van der Waals surface area contributed by atoms with Gasteiger partial charge in [-0.05, 0) is 44.1 Å². The molecule has 5 heteroatoms. The zero-order chi connectivity index (χ0) is 18.9. The Balaban J connectivity index is 2.26. The van der Waals surface area contributed by atoms with Gasteiger partial charge in [0.15, 0.2) is 0 Å². The fraction of sp³-hybridized carbons (Fsp3) is 0.550. The van der Waals surface area contributed by atoms with Gasteiger partial charge < -0.3 is 20.1 Å². The molecule has 2 rings (SSSR count). The molecule has 2 fully saturated rings. The molecule has 0 radical (unpaired) electrons. The Labute approximate surface area is 148 Å². The molecule has 1 heterocycles. The lowest BCUT2D eigenvalue weighted by molar-refractivity contribution is -0.132. The highest BCUT2D eigenvalue weighted by atomic mass is 16.6. The molecule has 1 saturated heterocycles. The molecule has 2 aliphatic rings. The van der Waals surface area contributed by atoms with Gasteiger partial charge in [-0.2, -0.15) is 0 Å². The predicted molar refractivity (Wildman–Crippen MR) is 94.7 cm³/mol. The quantitative estimate of drug-likeness (QED) is 0.314. The SMILES string of the molecule is C/C(C#C/C=C(/C=C/[C@@]12O[C@]1(C)C[C@@H](O)CC2(C)C)C(=O)O)=C\CO. The zero-order valence-electron chi connectivity index (χ0n) is 15.2. The van der Waals surface area contributed by atoms with Crippen molar-refractivity contribution >= 4 is 5.97 Å². The van der Waals surface area contributed by atoms with Gasteiger partial charge in [0.1, 0.15) is 11.2 Å². The predicted octanol–water partition coefficient (Wildman–Crippen LogP) is 2.20. The van der Waals surface area contributed by atoms with E-state index in [1.807, 2.05) is 20.8 Å². The molecule has 1 aliphatic heterocycles. The van der Waals surface area contributed by atoms with Gasteiger partial charge in [-0.15, -0.1) is 0 Å². The molecule has 1 saturated carbocycles. The molecule has 0 bridgehead atoms. The van der Waals surface area contributed by atoms with Crippen molar-refractivity contribution in [1.29, 1.82) is 0 Å². The van der Waals surface area contributed by atoms with E-state index in [0.29, 0.717) is 18.4 Å². The minimum atomic E-state index is -1.07. The largest absolute Gasteiger partial charge is 0.478 e. The average molecular weight is 346 g/mol. The Morgan fingerprint density at radius 3 is 2.56 bits per heavy atom. The molecule has 3 N–H and O–H groups in total. The molecule has 0 aromatic heterocycles. The summed E-state index contributed by atoms with van der Waals surface area (Å²) in [6.07, 6.45) is 6.96. The molecule has 0 unspecified atom stereocenters. The van der Waals surface area contributed by atoms with Crippen LogP contribution in [-0.2, 0) is 9.53 Å². The molecule has 0 spiro atoms. The molecule has 1 aliphatic carbocycles. The number of epoxide rings is 1. The lowest BCUT2D eigenvalue weighted by atomic mass is 9.63. The van der Waals surface area contributed by atoms with Crippen LogP contribution in [0.25, 0.3) is 0 Å². The third-order valence-electron chi connectivity index (χ3n) is 5.15. The molecule has 0 aromatic carbocycles. The maximum Gasteiger partial charge on any atom is 0.336 e. The summed E-state index contributed by atoms with van der Waals surface area (Å²) >= 11 is 0. The number of aliphatic hydroxyl groups is 2. The minimum absolute atomic E-state index is 0.0680. The van der Waals surface area contributed by atoms with Gasteiger partial charge in [0.25, 0.3) is 0 Å². The standard InChI is InChI=1S/C20H26O5/c1-14(9-11-21)6-5-7-15(17(23)24)8-10-20-18(2,3)12-16(22)13-19(20,4)25-20/h7-10,16,21-22H,11-13H2,1-4H3,(H,23,24)/b10-8+,14-9+,15-7-/t16-,19+,20-/m0/s1. The van der Waals surface area contributed by atoms with E-state index in [2.05, 4.69) is 11.8 Å². The van der Waals surface area contributed by atoms with E-state index in [9.17, 15) is 15.0 Å². The van der Waals surface area contributed by atoms with Crippen LogP contribution in [0.4, 0.5) is 0 Å². The molecule has 3 atom stereocenters. The Morgan fingerprint density at radius 1 is 1.32 bits per heavy atom. The van der Waals surface area contributed by atoms with Gasteiger partial charge in [0.2, 0.25) is 0 Å². The van der Waals surface area contributed by atoms with Crippen molar-refractivity contribution < 1.29 is 24.9 Å². The lowest BCUT2D eigenvalue weighted by Gasteiger charge is -2.39. The number of carbonyl (C=O) groups is 1. The van der Waals surface area contributed by atoms with Gasteiger partial charge in [0.05, 0.1) is 18.3 Å². The third kappa shape index (κ3) is 3.72. The third-order valence-corrected chi connectivity index (χ3v) is 5.15. The van der Waals surface area contributed by atoms with Crippen LogP contribution in [0.1, 0.15) is 40.5 Å². The van der Waals surface area contributed by atoms with Crippen LogP contribution >= 0.6 is 0 Å². The number of aliphatic carboxylic acids is 1. The second-order valence-corrected chi connectivity index (χ2v) is 7.59. The Hall–Kier alpha value is -1.87. The van der Waals surface area contributed by atoms with Crippen molar-refractivity contribution in [2.45, 2.75) is 57.8 Å². The number of carboxylic acid groups (broad SMARTS) is 1. The number of fused-ring (bicyclic) bond motifs is 1. The van der Waals surface area contributed by atoms with Gasteiger partial charge in [-0.25, -0.2) is 4.79 Å². The van der Waals surface area contributed by atoms with E-state index in [1.54, 1.807) is 19.1 Å². The van der Waals surface area contributed by atoms with E-state index in [-0.39, 0.29) is 17.6 Å². The first-order chi connectivity index (χ1) is 11.6. The summed E-state index contributed by atoms with van der Waals surface area (Å²) in [6.45, 7) is 7.64. The molecular weight excluding hydrogens is 320 g/mol. The fourth-order valence-electron chi connectivity index (χ4n) is 3.88. The van der Waals surface area contributed by atoms with Crippen molar-refractivity contribution in [3.8, 4) is 11.8 Å². The smallest absolute Gasteiger partial charge is 0.336 e. The second kappa shape index (κ2) is 6.80. The lowest BCUT2D eigenvalue weighted by Crippen LogP contribution is -2.46. The number of ether oxygens (including phenoxy) is 1. The summed E-state index contributed by atoms with van der Waals surface area (Å²) in [5.74, 6) is 4.40. The number of carboxylic acids is 1. The molecule has 0 amide bonds. The van der Waals surface area contributed by atoms with Gasteiger partial charge in [-0.3, -0.25) is 0 Å². The number of hydrogen-bond acceptors (Lipinski definition) is 4. The normalized spacial score (nSPS) is 34.2. The van der Waals surface area contributed by atoms with Crippen LogP contribution in [0.2, 0.25) is 0 Å². The van der Waals surface area contributed by atoms with Gasteiger partial charge in [-0.1, -0.05) is 25.7 Å². The number of rotatable bonds is 4. The topological polar surface area (TPSA) is 90.3 Å².